The minimum Gasteiger partial charge on any atom is -0.382 e. The highest BCUT2D eigenvalue weighted by atomic mass is 19.4. The number of fused-ring (bicyclic) bond motifs is 1. The molecule has 11 heteroatoms. The van der Waals surface area contributed by atoms with E-state index in [0.29, 0.717) is 34.1 Å². The van der Waals surface area contributed by atoms with E-state index in [2.05, 4.69) is 25.3 Å². The molecule has 2 heterocycles. The lowest BCUT2D eigenvalue weighted by Crippen LogP contribution is -2.14. The maximum absolute atomic E-state index is 13.0. The molecule has 0 unspecified atom stereocenters. The number of alkyl halides is 3. The number of Topliss-reactive ketones (excluding diaryl/α,β-unsaturated/α-hetero) is 1. The first-order chi connectivity index (χ1) is 16.5. The number of benzene rings is 2. The van der Waals surface area contributed by atoms with Crippen LogP contribution in [0.5, 0.6) is 0 Å². The molecule has 4 rings (SSSR count). The molecule has 3 N–H and O–H groups in total. The number of nitrogens with two attached hydrogens (primary N) is 1. The number of nitrogen functional groups attached to an aromatic ring is 1. The SMILES string of the molecule is Cc1ccc(CC(=O)c2cccc(C(F)(F)F)c2)cc1Nc1ncnc2c(N)nc(N(C)C)nc12. The fourth-order valence-corrected chi connectivity index (χ4v) is 3.45. The van der Waals surface area contributed by atoms with Crippen LogP contribution in [-0.2, 0) is 12.6 Å². The number of aromatic nitrogens is 4. The number of aryl methyl sites for hydroxylation is 1. The van der Waals surface area contributed by atoms with E-state index in [4.69, 9.17) is 5.73 Å². The average Bonchev–Trinajstić information content (AvgIpc) is 2.81. The number of carbonyl (C=O) groups excluding carboxylic acids is 1. The smallest absolute Gasteiger partial charge is 0.382 e. The Morgan fingerprint density at radius 2 is 1.83 bits per heavy atom. The average molecular weight is 481 g/mol. The van der Waals surface area contributed by atoms with E-state index < -0.39 is 17.5 Å². The zero-order valence-electron chi connectivity index (χ0n) is 19.2. The van der Waals surface area contributed by atoms with Crippen LogP contribution in [-0.4, -0.2) is 39.8 Å². The summed E-state index contributed by atoms with van der Waals surface area (Å²) in [5, 5.41) is 3.22. The minimum atomic E-state index is -4.52. The normalized spacial score (nSPS) is 11.5. The number of anilines is 4. The summed E-state index contributed by atoms with van der Waals surface area (Å²) < 4.78 is 39.1. The Hall–Kier alpha value is -4.28. The van der Waals surface area contributed by atoms with Crippen LogP contribution in [0.15, 0.2) is 48.8 Å². The first-order valence-corrected chi connectivity index (χ1v) is 10.6. The lowest BCUT2D eigenvalue weighted by molar-refractivity contribution is -0.137. The number of hydrogen-bond acceptors (Lipinski definition) is 8. The Balaban J connectivity index is 1.64. The highest BCUT2D eigenvalue weighted by Gasteiger charge is 2.30. The first-order valence-electron chi connectivity index (χ1n) is 10.6. The zero-order valence-corrected chi connectivity index (χ0v) is 19.2. The summed E-state index contributed by atoms with van der Waals surface area (Å²) >= 11 is 0. The molecule has 0 aliphatic rings. The van der Waals surface area contributed by atoms with E-state index in [9.17, 15) is 18.0 Å². The molecule has 0 bridgehead atoms. The van der Waals surface area contributed by atoms with Crippen LogP contribution in [0.4, 0.5) is 36.4 Å². The van der Waals surface area contributed by atoms with Crippen molar-refractivity contribution in [3.8, 4) is 0 Å². The van der Waals surface area contributed by atoms with E-state index in [1.807, 2.05) is 13.0 Å². The van der Waals surface area contributed by atoms with E-state index >= 15 is 0 Å². The van der Waals surface area contributed by atoms with Gasteiger partial charge in [-0.2, -0.15) is 18.2 Å². The van der Waals surface area contributed by atoms with Gasteiger partial charge in [-0.15, -0.1) is 0 Å². The summed E-state index contributed by atoms with van der Waals surface area (Å²) in [5.41, 5.74) is 8.16. The van der Waals surface area contributed by atoms with Gasteiger partial charge in [-0.05, 0) is 36.2 Å². The van der Waals surface area contributed by atoms with Crippen LogP contribution in [0.3, 0.4) is 0 Å². The van der Waals surface area contributed by atoms with Crippen LogP contribution < -0.4 is 16.0 Å². The number of halogens is 3. The second kappa shape index (κ2) is 9.16. The molecule has 0 aliphatic carbocycles. The van der Waals surface area contributed by atoms with Gasteiger partial charge in [0.2, 0.25) is 5.95 Å². The largest absolute Gasteiger partial charge is 0.416 e. The summed E-state index contributed by atoms with van der Waals surface area (Å²) in [4.78, 5) is 31.6. The van der Waals surface area contributed by atoms with Crippen molar-refractivity contribution in [1.82, 2.24) is 19.9 Å². The summed E-state index contributed by atoms with van der Waals surface area (Å²) in [7, 11) is 3.57. The van der Waals surface area contributed by atoms with Crippen LogP contribution in [0.25, 0.3) is 11.0 Å². The van der Waals surface area contributed by atoms with Crippen LogP contribution in [0, 0.1) is 6.92 Å². The quantitative estimate of drug-likeness (QED) is 0.386. The summed E-state index contributed by atoms with van der Waals surface area (Å²) in [5.74, 6) is 0.581. The fraction of sp³-hybridized carbons (Fsp3) is 0.208. The zero-order chi connectivity index (χ0) is 25.3. The fourth-order valence-electron chi connectivity index (χ4n) is 3.45. The Morgan fingerprint density at radius 3 is 2.54 bits per heavy atom. The second-order valence-electron chi connectivity index (χ2n) is 8.18. The van der Waals surface area contributed by atoms with Crippen molar-refractivity contribution >= 4 is 40.1 Å². The maximum atomic E-state index is 13.0. The molecule has 2 aromatic carbocycles. The Labute approximate surface area is 199 Å². The molecule has 0 saturated heterocycles. The van der Waals surface area contributed by atoms with Crippen molar-refractivity contribution in [1.29, 1.82) is 0 Å². The van der Waals surface area contributed by atoms with Gasteiger partial charge in [-0.1, -0.05) is 24.3 Å². The van der Waals surface area contributed by atoms with Gasteiger partial charge < -0.3 is 16.0 Å². The number of rotatable bonds is 6. The van der Waals surface area contributed by atoms with Crippen molar-refractivity contribution in [3.05, 3.63) is 71.0 Å². The molecule has 8 nitrogen and oxygen atoms in total. The molecular weight excluding hydrogens is 459 g/mol. The number of ketones is 1. The molecule has 0 radical (unpaired) electrons. The van der Waals surface area contributed by atoms with Crippen molar-refractivity contribution in [3.63, 3.8) is 0 Å². The molecule has 0 amide bonds. The van der Waals surface area contributed by atoms with Crippen molar-refractivity contribution in [2.75, 3.05) is 30.0 Å². The van der Waals surface area contributed by atoms with Gasteiger partial charge in [-0.3, -0.25) is 4.79 Å². The summed E-state index contributed by atoms with van der Waals surface area (Å²) in [6.45, 7) is 1.87. The summed E-state index contributed by atoms with van der Waals surface area (Å²) in [6, 6.07) is 9.75. The van der Waals surface area contributed by atoms with Gasteiger partial charge >= 0.3 is 6.18 Å². The molecular formula is C24H22F3N7O. The maximum Gasteiger partial charge on any atom is 0.416 e. The molecule has 2 aromatic heterocycles. The third-order valence-corrected chi connectivity index (χ3v) is 5.33. The highest BCUT2D eigenvalue weighted by Crippen LogP contribution is 2.30. The molecule has 180 valence electrons. The molecule has 0 aliphatic heterocycles. The lowest BCUT2D eigenvalue weighted by Gasteiger charge is -2.15. The molecule has 0 saturated carbocycles. The molecule has 0 atom stereocenters. The predicted octanol–water partition coefficient (Wildman–Crippen LogP) is 4.56. The van der Waals surface area contributed by atoms with E-state index in [1.165, 1.54) is 18.5 Å². The van der Waals surface area contributed by atoms with Crippen LogP contribution >= 0.6 is 0 Å². The Morgan fingerprint density at radius 1 is 1.06 bits per heavy atom. The third kappa shape index (κ3) is 5.13. The molecule has 0 fully saturated rings. The van der Waals surface area contributed by atoms with Gasteiger partial charge in [0, 0.05) is 31.8 Å². The van der Waals surface area contributed by atoms with Crippen LogP contribution in [0.1, 0.15) is 27.0 Å². The number of nitrogens with zero attached hydrogens (tertiary/aromatic N) is 5. The van der Waals surface area contributed by atoms with Gasteiger partial charge in [0.05, 0.1) is 5.56 Å². The van der Waals surface area contributed by atoms with Crippen molar-refractivity contribution < 1.29 is 18.0 Å². The predicted molar refractivity (Wildman–Crippen MR) is 128 cm³/mol. The standard InChI is InChI=1S/C24H22F3N7O/c1-13-7-8-14(10-18(35)15-5-4-6-16(11-15)24(25,26)27)9-17(13)31-22-20-19(29-12-30-22)21(28)33-23(32-20)34(2)3/h4-9,11-12H,10H2,1-3H3,(H2,28,32,33)(H,29,30,31). The lowest BCUT2D eigenvalue weighted by atomic mass is 9.99. The second-order valence-corrected chi connectivity index (χ2v) is 8.18. The van der Waals surface area contributed by atoms with E-state index in [0.717, 1.165) is 17.7 Å². The monoisotopic (exact) mass is 481 g/mol. The van der Waals surface area contributed by atoms with Gasteiger partial charge in [0.15, 0.2) is 17.4 Å². The topological polar surface area (TPSA) is 110 Å². The Kier molecular flexibility index (Phi) is 6.25. The first kappa shape index (κ1) is 23.9. The Bertz CT molecular complexity index is 1420. The van der Waals surface area contributed by atoms with Gasteiger partial charge in [0.25, 0.3) is 0 Å². The van der Waals surface area contributed by atoms with Gasteiger partial charge in [0.1, 0.15) is 17.4 Å². The molecule has 35 heavy (non-hydrogen) atoms. The summed E-state index contributed by atoms with van der Waals surface area (Å²) in [6.07, 6.45) is -3.24. The molecule has 4 aromatic rings. The molecule has 0 spiro atoms. The van der Waals surface area contributed by atoms with E-state index in [1.54, 1.807) is 31.1 Å². The van der Waals surface area contributed by atoms with Crippen molar-refractivity contribution in [2.24, 2.45) is 0 Å². The van der Waals surface area contributed by atoms with Crippen LogP contribution in [0.2, 0.25) is 0 Å². The van der Waals surface area contributed by atoms with Gasteiger partial charge in [-0.25, -0.2) is 15.0 Å². The van der Waals surface area contributed by atoms with Crippen molar-refractivity contribution in [2.45, 2.75) is 19.5 Å². The number of carbonyl (C=O) groups is 1. The third-order valence-electron chi connectivity index (χ3n) is 5.33. The minimum absolute atomic E-state index is 0.0000868. The van der Waals surface area contributed by atoms with E-state index in [-0.39, 0.29) is 17.8 Å². The number of hydrogen-bond donors (Lipinski definition) is 2. The number of nitrogens with one attached hydrogen (secondary N) is 1. The highest BCUT2D eigenvalue weighted by molar-refractivity contribution is 5.98.